The summed E-state index contributed by atoms with van der Waals surface area (Å²) in [6, 6.07) is 11.2. The first-order valence-corrected chi connectivity index (χ1v) is 12.3. The molecule has 0 aliphatic heterocycles. The zero-order valence-electron chi connectivity index (χ0n) is 16.6. The monoisotopic (exact) mass is 466 g/mol. The van der Waals surface area contributed by atoms with Crippen molar-refractivity contribution < 1.29 is 13.2 Å². The molecule has 1 amide bonds. The molecule has 8 heteroatoms. The minimum atomic E-state index is -4.02. The van der Waals surface area contributed by atoms with Gasteiger partial charge >= 0.3 is 0 Å². The third-order valence-corrected chi connectivity index (χ3v) is 8.49. The molecule has 0 aromatic heterocycles. The van der Waals surface area contributed by atoms with Crippen LogP contribution >= 0.6 is 23.2 Å². The highest BCUT2D eigenvalue weighted by Crippen LogP contribution is 2.44. The second kappa shape index (κ2) is 8.40. The largest absolute Gasteiger partial charge is 0.352 e. The van der Waals surface area contributed by atoms with E-state index in [4.69, 9.17) is 23.2 Å². The Morgan fingerprint density at radius 1 is 1.10 bits per heavy atom. The number of amides is 1. The van der Waals surface area contributed by atoms with E-state index in [0.717, 1.165) is 29.1 Å². The number of nitrogens with one attached hydrogen (secondary N) is 1. The Hall–Kier alpha value is -1.76. The van der Waals surface area contributed by atoms with Crippen molar-refractivity contribution in [3.05, 3.63) is 58.1 Å². The maximum absolute atomic E-state index is 13.5. The summed E-state index contributed by atoms with van der Waals surface area (Å²) in [6.45, 7) is 1.52. The first kappa shape index (κ1) is 21.5. The summed E-state index contributed by atoms with van der Waals surface area (Å²) in [6.07, 6.45) is 4.47. The Morgan fingerprint density at radius 3 is 2.47 bits per heavy atom. The minimum absolute atomic E-state index is 0.0943. The van der Waals surface area contributed by atoms with Crippen LogP contribution in [0.15, 0.2) is 47.4 Å². The predicted octanol–water partition coefficient (Wildman–Crippen LogP) is 4.80. The predicted molar refractivity (Wildman–Crippen MR) is 120 cm³/mol. The molecule has 0 radical (unpaired) electrons. The summed E-state index contributed by atoms with van der Waals surface area (Å²) in [4.78, 5) is 13.0. The lowest BCUT2D eigenvalue weighted by molar-refractivity contribution is -0.120. The summed E-state index contributed by atoms with van der Waals surface area (Å²) in [5.41, 5.74) is 1.13. The van der Waals surface area contributed by atoms with E-state index in [2.05, 4.69) is 5.32 Å². The van der Waals surface area contributed by atoms with Crippen LogP contribution in [0.3, 0.4) is 0 Å². The molecule has 3 atom stereocenters. The summed E-state index contributed by atoms with van der Waals surface area (Å²) in [5, 5.41) is 3.61. The molecule has 1 N–H and O–H groups in total. The SMILES string of the molecule is Cc1ccc(S(=O)(=O)N(CC(=O)N[C@@H]2C[C@@H]3CC[C@H]2C3)c2cc(Cl)ccc2Cl)cc1. The zero-order valence-corrected chi connectivity index (χ0v) is 19.0. The molecule has 5 nitrogen and oxygen atoms in total. The highest BCUT2D eigenvalue weighted by atomic mass is 35.5. The smallest absolute Gasteiger partial charge is 0.264 e. The van der Waals surface area contributed by atoms with Crippen LogP contribution < -0.4 is 9.62 Å². The van der Waals surface area contributed by atoms with E-state index in [1.165, 1.54) is 30.7 Å². The number of carbonyl (C=O) groups is 1. The van der Waals surface area contributed by atoms with Crippen LogP contribution in [0.2, 0.25) is 10.0 Å². The van der Waals surface area contributed by atoms with Gasteiger partial charge in [0, 0.05) is 11.1 Å². The number of aryl methyl sites for hydroxylation is 1. The molecule has 0 heterocycles. The van der Waals surface area contributed by atoms with E-state index in [1.807, 2.05) is 6.92 Å². The number of nitrogens with zero attached hydrogens (tertiary/aromatic N) is 1. The van der Waals surface area contributed by atoms with E-state index in [-0.39, 0.29) is 34.1 Å². The molecule has 0 unspecified atom stereocenters. The molecule has 0 spiro atoms. The van der Waals surface area contributed by atoms with Crippen LogP contribution in [0.25, 0.3) is 0 Å². The number of hydrogen-bond acceptors (Lipinski definition) is 3. The quantitative estimate of drug-likeness (QED) is 0.664. The number of anilines is 1. The number of benzene rings is 2. The van der Waals surface area contributed by atoms with Crippen LogP contribution in [0, 0.1) is 18.8 Å². The number of sulfonamides is 1. The third kappa shape index (κ3) is 4.32. The minimum Gasteiger partial charge on any atom is -0.352 e. The van der Waals surface area contributed by atoms with Crippen LogP contribution in [0.5, 0.6) is 0 Å². The van der Waals surface area contributed by atoms with Gasteiger partial charge in [-0.2, -0.15) is 0 Å². The Balaban J connectivity index is 1.64. The van der Waals surface area contributed by atoms with E-state index >= 15 is 0 Å². The van der Waals surface area contributed by atoms with Gasteiger partial charge in [0.05, 0.1) is 15.6 Å². The lowest BCUT2D eigenvalue weighted by Crippen LogP contribution is -2.46. The Bertz CT molecular complexity index is 1060. The lowest BCUT2D eigenvalue weighted by Gasteiger charge is -2.28. The van der Waals surface area contributed by atoms with Gasteiger partial charge in [0.15, 0.2) is 0 Å². The van der Waals surface area contributed by atoms with Gasteiger partial charge in [0.25, 0.3) is 10.0 Å². The highest BCUT2D eigenvalue weighted by Gasteiger charge is 2.40. The van der Waals surface area contributed by atoms with Crippen molar-refractivity contribution in [2.45, 2.75) is 43.5 Å². The standard InChI is InChI=1S/C22H24Cl2N2O3S/c1-14-2-7-18(8-3-14)30(28,29)26(21-12-17(23)6-9-19(21)24)13-22(27)25-20-11-15-4-5-16(20)10-15/h2-3,6-9,12,15-16,20H,4-5,10-11,13H2,1H3,(H,25,27)/t15-,16+,20-/m1/s1. The fourth-order valence-electron chi connectivity index (χ4n) is 4.62. The first-order valence-electron chi connectivity index (χ1n) is 10.1. The number of rotatable bonds is 6. The molecule has 2 aromatic carbocycles. The molecule has 2 aliphatic rings. The van der Waals surface area contributed by atoms with Gasteiger partial charge < -0.3 is 5.32 Å². The van der Waals surface area contributed by atoms with Crippen molar-refractivity contribution in [2.75, 3.05) is 10.8 Å². The fourth-order valence-corrected chi connectivity index (χ4v) is 6.49. The molecule has 2 saturated carbocycles. The van der Waals surface area contributed by atoms with Gasteiger partial charge in [-0.05, 0) is 68.4 Å². The maximum atomic E-state index is 13.5. The molecule has 2 aliphatic carbocycles. The van der Waals surface area contributed by atoms with Crippen LogP contribution in [-0.2, 0) is 14.8 Å². The molecule has 30 heavy (non-hydrogen) atoms. The van der Waals surface area contributed by atoms with Crippen LogP contribution in [0.1, 0.15) is 31.2 Å². The van der Waals surface area contributed by atoms with Gasteiger partial charge in [-0.15, -0.1) is 0 Å². The van der Waals surface area contributed by atoms with E-state index in [9.17, 15) is 13.2 Å². The topological polar surface area (TPSA) is 66.5 Å². The van der Waals surface area contributed by atoms with Crippen molar-refractivity contribution in [2.24, 2.45) is 11.8 Å². The van der Waals surface area contributed by atoms with Crippen molar-refractivity contribution in [3.63, 3.8) is 0 Å². The van der Waals surface area contributed by atoms with Gasteiger partial charge in [-0.1, -0.05) is 47.3 Å². The van der Waals surface area contributed by atoms with E-state index in [1.54, 1.807) is 18.2 Å². The average Bonchev–Trinajstić information content (AvgIpc) is 3.31. The first-order chi connectivity index (χ1) is 14.2. The lowest BCUT2D eigenvalue weighted by atomic mass is 9.95. The fraction of sp³-hybridized carbons (Fsp3) is 0.409. The van der Waals surface area contributed by atoms with Gasteiger partial charge in [-0.3, -0.25) is 9.10 Å². The average molecular weight is 467 g/mol. The van der Waals surface area contributed by atoms with Crippen molar-refractivity contribution in [1.29, 1.82) is 0 Å². The molecule has 4 rings (SSSR count). The van der Waals surface area contributed by atoms with Crippen molar-refractivity contribution in [1.82, 2.24) is 5.32 Å². The van der Waals surface area contributed by atoms with Crippen LogP contribution in [0.4, 0.5) is 5.69 Å². The summed E-state index contributed by atoms with van der Waals surface area (Å²) >= 11 is 12.4. The molecule has 160 valence electrons. The van der Waals surface area contributed by atoms with Crippen molar-refractivity contribution in [3.8, 4) is 0 Å². The summed E-state index contributed by atoms with van der Waals surface area (Å²) < 4.78 is 28.0. The number of fused-ring (bicyclic) bond motifs is 2. The Kier molecular flexibility index (Phi) is 6.02. The van der Waals surface area contributed by atoms with E-state index < -0.39 is 10.0 Å². The molecule has 0 saturated heterocycles. The molecule has 2 bridgehead atoms. The Labute approximate surface area is 187 Å². The molecular formula is C22H24Cl2N2O3S. The van der Waals surface area contributed by atoms with Crippen molar-refractivity contribution >= 4 is 44.8 Å². The molecule has 2 fully saturated rings. The third-order valence-electron chi connectivity index (χ3n) is 6.16. The summed E-state index contributed by atoms with van der Waals surface area (Å²) in [5.74, 6) is 0.838. The second-order valence-corrected chi connectivity index (χ2v) is 11.0. The molecule has 2 aromatic rings. The summed E-state index contributed by atoms with van der Waals surface area (Å²) in [7, 11) is -4.02. The number of halogens is 2. The normalized spacial score (nSPS) is 22.8. The van der Waals surface area contributed by atoms with Gasteiger partial charge in [0.1, 0.15) is 6.54 Å². The maximum Gasteiger partial charge on any atom is 0.264 e. The highest BCUT2D eigenvalue weighted by molar-refractivity contribution is 7.92. The second-order valence-electron chi connectivity index (χ2n) is 8.27. The number of hydrogen-bond donors (Lipinski definition) is 1. The number of carbonyl (C=O) groups excluding carboxylic acids is 1. The molecular weight excluding hydrogens is 443 g/mol. The Morgan fingerprint density at radius 2 is 1.83 bits per heavy atom. The zero-order chi connectivity index (χ0) is 21.5. The van der Waals surface area contributed by atoms with E-state index in [0.29, 0.717) is 16.9 Å². The van der Waals surface area contributed by atoms with Crippen LogP contribution in [-0.4, -0.2) is 26.9 Å². The van der Waals surface area contributed by atoms with Gasteiger partial charge in [0.2, 0.25) is 5.91 Å². The van der Waals surface area contributed by atoms with Gasteiger partial charge in [-0.25, -0.2) is 8.42 Å².